The topological polar surface area (TPSA) is 166 Å². The van der Waals surface area contributed by atoms with Gasteiger partial charge in [-0.15, -0.1) is 0 Å². The summed E-state index contributed by atoms with van der Waals surface area (Å²) < 4.78 is 33.6. The SMILES string of the molecule is C#COc1ccc(C(=O)O)c(C(=O)Oc2ccc(OCC(C)(C)COc3ccc(OOCc4cc(OCCOc5ccccc5)ccc4C(=O)O)cc3)cc2)c1. The second-order valence-electron chi connectivity index (χ2n) is 12.8. The largest absolute Gasteiger partial charge is 0.493 e. The Morgan fingerprint density at radius 2 is 1.11 bits per heavy atom. The van der Waals surface area contributed by atoms with Gasteiger partial charge in [0.2, 0.25) is 0 Å². The van der Waals surface area contributed by atoms with Crippen molar-refractivity contribution < 1.29 is 62.8 Å². The molecule has 13 nitrogen and oxygen atoms in total. The fraction of sp³-hybridized carbons (Fsp3) is 0.186. The molecule has 0 aliphatic carbocycles. The average molecular weight is 763 g/mol. The van der Waals surface area contributed by atoms with Gasteiger partial charge in [-0.25, -0.2) is 14.4 Å². The molecule has 0 bridgehead atoms. The van der Waals surface area contributed by atoms with Gasteiger partial charge >= 0.3 is 17.9 Å². The highest BCUT2D eigenvalue weighted by Gasteiger charge is 2.22. The van der Waals surface area contributed by atoms with Gasteiger partial charge in [-0.3, -0.25) is 0 Å². The van der Waals surface area contributed by atoms with E-state index in [4.69, 9.17) is 44.6 Å². The number of aromatic carboxylic acids is 2. The van der Waals surface area contributed by atoms with Crippen LogP contribution in [0.15, 0.2) is 115 Å². The van der Waals surface area contributed by atoms with Crippen LogP contribution in [-0.4, -0.2) is 54.5 Å². The predicted octanol–water partition coefficient (Wildman–Crippen LogP) is 7.72. The van der Waals surface area contributed by atoms with E-state index in [2.05, 4.69) is 0 Å². The zero-order valence-electron chi connectivity index (χ0n) is 30.5. The lowest BCUT2D eigenvalue weighted by Crippen LogP contribution is -2.28. The Balaban J connectivity index is 1.05. The molecule has 0 saturated heterocycles. The van der Waals surface area contributed by atoms with Crippen LogP contribution in [0.3, 0.4) is 0 Å². The molecular formula is C43H38O13. The molecule has 288 valence electrons. The van der Waals surface area contributed by atoms with E-state index in [9.17, 15) is 24.6 Å². The minimum atomic E-state index is -1.31. The van der Waals surface area contributed by atoms with Crippen LogP contribution in [-0.2, 0) is 11.5 Å². The zero-order valence-corrected chi connectivity index (χ0v) is 30.5. The van der Waals surface area contributed by atoms with Crippen molar-refractivity contribution in [2.45, 2.75) is 20.5 Å². The normalized spacial score (nSPS) is 10.7. The smallest absolute Gasteiger partial charge is 0.344 e. The van der Waals surface area contributed by atoms with E-state index in [0.29, 0.717) is 41.8 Å². The Kier molecular flexibility index (Phi) is 13.8. The lowest BCUT2D eigenvalue weighted by atomic mass is 9.96. The number of carbonyl (C=O) groups is 3. The van der Waals surface area contributed by atoms with Gasteiger partial charge in [0, 0.05) is 11.0 Å². The van der Waals surface area contributed by atoms with Crippen molar-refractivity contribution in [3.63, 3.8) is 0 Å². The van der Waals surface area contributed by atoms with Gasteiger partial charge in [-0.2, -0.15) is 4.89 Å². The fourth-order valence-electron chi connectivity index (χ4n) is 4.95. The Bertz CT molecular complexity index is 2140. The summed E-state index contributed by atoms with van der Waals surface area (Å²) in [6.45, 7) is 4.96. The zero-order chi connectivity index (χ0) is 39.9. The number of hydrogen-bond acceptors (Lipinski definition) is 11. The van der Waals surface area contributed by atoms with Gasteiger partial charge in [0.05, 0.1) is 29.9 Å². The van der Waals surface area contributed by atoms with Crippen LogP contribution in [0.25, 0.3) is 0 Å². The first-order chi connectivity index (χ1) is 27.0. The third kappa shape index (κ3) is 11.9. The first-order valence-corrected chi connectivity index (χ1v) is 17.1. The van der Waals surface area contributed by atoms with Gasteiger partial charge in [0.15, 0.2) is 5.75 Å². The second-order valence-corrected chi connectivity index (χ2v) is 12.8. The van der Waals surface area contributed by atoms with Crippen molar-refractivity contribution in [1.82, 2.24) is 0 Å². The number of terminal acetylenes is 1. The summed E-state index contributed by atoms with van der Waals surface area (Å²) in [4.78, 5) is 47.0. The minimum absolute atomic E-state index is 0.0582. The van der Waals surface area contributed by atoms with Crippen LogP contribution in [0.5, 0.6) is 40.2 Å². The number of para-hydroxylation sites is 1. The van der Waals surface area contributed by atoms with Crippen LogP contribution >= 0.6 is 0 Å². The molecule has 0 saturated carbocycles. The van der Waals surface area contributed by atoms with Gasteiger partial charge in [0.25, 0.3) is 0 Å². The molecule has 2 N–H and O–H groups in total. The van der Waals surface area contributed by atoms with E-state index in [-0.39, 0.29) is 48.0 Å². The Hall–Kier alpha value is -7.17. The van der Waals surface area contributed by atoms with E-state index < -0.39 is 23.3 Å². The molecule has 5 aromatic rings. The molecule has 13 heteroatoms. The molecule has 0 heterocycles. The Morgan fingerprint density at radius 3 is 1.71 bits per heavy atom. The monoisotopic (exact) mass is 762 g/mol. The highest BCUT2D eigenvalue weighted by Crippen LogP contribution is 2.26. The van der Waals surface area contributed by atoms with E-state index in [1.807, 2.05) is 50.3 Å². The van der Waals surface area contributed by atoms with E-state index >= 15 is 0 Å². The highest BCUT2D eigenvalue weighted by atomic mass is 17.2. The molecule has 0 fully saturated rings. The highest BCUT2D eigenvalue weighted by molar-refractivity contribution is 6.03. The summed E-state index contributed by atoms with van der Waals surface area (Å²) in [7, 11) is 0. The number of carboxylic acids is 2. The molecule has 0 atom stereocenters. The number of carboxylic acid groups (broad SMARTS) is 2. The lowest BCUT2D eigenvalue weighted by Gasteiger charge is -2.25. The van der Waals surface area contributed by atoms with Crippen LogP contribution in [0.1, 0.15) is 50.5 Å². The molecule has 0 aliphatic heterocycles. The average Bonchev–Trinajstić information content (AvgIpc) is 3.19. The summed E-state index contributed by atoms with van der Waals surface area (Å²) in [5.41, 5.74) is -0.473. The molecule has 56 heavy (non-hydrogen) atoms. The molecule has 0 aliphatic rings. The van der Waals surface area contributed by atoms with Gasteiger partial charge < -0.3 is 43.5 Å². The number of benzene rings is 5. The molecule has 0 amide bonds. The number of carbonyl (C=O) groups excluding carboxylic acids is 1. The van der Waals surface area contributed by atoms with Crippen molar-refractivity contribution in [1.29, 1.82) is 0 Å². The molecular weight excluding hydrogens is 724 g/mol. The third-order valence-corrected chi connectivity index (χ3v) is 7.78. The van der Waals surface area contributed by atoms with Gasteiger partial charge in [-0.05, 0) is 97.1 Å². The van der Waals surface area contributed by atoms with Crippen LogP contribution in [0.2, 0.25) is 0 Å². The first kappa shape index (κ1) is 40.0. The van der Waals surface area contributed by atoms with Crippen molar-refractivity contribution in [3.05, 3.63) is 138 Å². The fourth-order valence-corrected chi connectivity index (χ4v) is 4.95. The van der Waals surface area contributed by atoms with Crippen LogP contribution in [0, 0.1) is 17.9 Å². The number of hydrogen-bond donors (Lipinski definition) is 2. The quantitative estimate of drug-likeness (QED) is 0.0198. The number of ether oxygens (including phenoxy) is 6. The Labute approximate surface area is 322 Å². The summed E-state index contributed by atoms with van der Waals surface area (Å²) >= 11 is 0. The summed E-state index contributed by atoms with van der Waals surface area (Å²) in [5, 5.41) is 19.1. The molecule has 5 rings (SSSR count). The summed E-state index contributed by atoms with van der Waals surface area (Å²) in [6, 6.07) is 30.7. The molecule has 0 unspecified atom stereocenters. The van der Waals surface area contributed by atoms with Gasteiger partial charge in [-0.1, -0.05) is 38.5 Å². The van der Waals surface area contributed by atoms with Crippen molar-refractivity contribution in [3.8, 4) is 52.8 Å². The van der Waals surface area contributed by atoms with E-state index in [0.717, 1.165) is 5.75 Å². The maximum Gasteiger partial charge on any atom is 0.344 e. The second kappa shape index (κ2) is 19.2. The van der Waals surface area contributed by atoms with Crippen molar-refractivity contribution in [2.75, 3.05) is 26.4 Å². The molecule has 0 aromatic heterocycles. The number of esters is 1. The Morgan fingerprint density at radius 1 is 0.589 bits per heavy atom. The maximum absolute atomic E-state index is 12.8. The van der Waals surface area contributed by atoms with Crippen molar-refractivity contribution in [2.24, 2.45) is 5.41 Å². The number of rotatable bonds is 20. The minimum Gasteiger partial charge on any atom is -0.493 e. The van der Waals surface area contributed by atoms with E-state index in [1.54, 1.807) is 48.5 Å². The van der Waals surface area contributed by atoms with Crippen molar-refractivity contribution >= 4 is 17.9 Å². The van der Waals surface area contributed by atoms with Crippen LogP contribution in [0.4, 0.5) is 0 Å². The van der Waals surface area contributed by atoms with E-state index in [1.165, 1.54) is 36.4 Å². The summed E-state index contributed by atoms with van der Waals surface area (Å²) in [6.07, 6.45) is 7.10. The molecule has 0 spiro atoms. The standard InChI is InChI=1S/C43H38O13/c1-4-49-36-19-21-38(41(46)47)39(25-36)42(48)55-33-14-10-31(11-15-33)52-27-43(2,3)28-53-32-12-16-34(17-13-32)56-54-26-29-24-35(18-20-37(29)40(44)45)51-23-22-50-30-8-6-5-7-9-30/h1,5-21,24-25H,22-23,26-28H2,2-3H3,(H,44,45)(H,46,47). The summed E-state index contributed by atoms with van der Waals surface area (Å²) in [5.74, 6) is -0.358. The molecule has 0 radical (unpaired) electrons. The molecule has 5 aromatic carbocycles. The maximum atomic E-state index is 12.8. The first-order valence-electron chi connectivity index (χ1n) is 17.1. The lowest BCUT2D eigenvalue weighted by molar-refractivity contribution is -0.217. The van der Waals surface area contributed by atoms with Gasteiger partial charge in [0.1, 0.15) is 60.4 Å². The predicted molar refractivity (Wildman–Crippen MR) is 202 cm³/mol. The van der Waals surface area contributed by atoms with Crippen LogP contribution < -0.4 is 33.3 Å². The third-order valence-electron chi connectivity index (χ3n) is 7.78.